The Bertz CT molecular complexity index is 792. The van der Waals surface area contributed by atoms with Gasteiger partial charge in [-0.3, -0.25) is 9.59 Å². The van der Waals surface area contributed by atoms with Gasteiger partial charge in [0.1, 0.15) is 11.9 Å². The first-order chi connectivity index (χ1) is 14.5. The Kier molecular flexibility index (Phi) is 6.26. The number of anilines is 1. The average Bonchev–Trinajstić information content (AvgIpc) is 2.85. The molecule has 3 heterocycles. The lowest BCUT2D eigenvalue weighted by Gasteiger charge is -2.40. The van der Waals surface area contributed by atoms with Crippen molar-refractivity contribution in [2.45, 2.75) is 49.9 Å². The molecule has 2 saturated heterocycles. The van der Waals surface area contributed by atoms with E-state index in [4.69, 9.17) is 14.2 Å². The van der Waals surface area contributed by atoms with Crippen molar-refractivity contribution >= 4 is 17.5 Å². The standard InChI is InChI=1S/C22H30N2O6/c1-24(2)20(26)11-15-10-17-16-9-13(23-22(27)21(17)19(12-25)30-15)3-4-18(16)29-14-5-7-28-8-6-14/h3-4,9,14-15,17,19,21,25H,5-8,10-12H2,1-2H3,(H,23,27)/t15-,17-,19-,21+/m1/s1. The van der Waals surface area contributed by atoms with Gasteiger partial charge >= 0.3 is 0 Å². The fraction of sp³-hybridized carbons (Fsp3) is 0.636. The van der Waals surface area contributed by atoms with Crippen LogP contribution < -0.4 is 10.1 Å². The molecule has 1 aromatic carbocycles. The number of aliphatic hydroxyl groups excluding tert-OH is 1. The van der Waals surface area contributed by atoms with Crippen LogP contribution in [0.25, 0.3) is 0 Å². The molecule has 2 bridgehead atoms. The van der Waals surface area contributed by atoms with Crippen LogP contribution in [0.5, 0.6) is 5.75 Å². The van der Waals surface area contributed by atoms with Gasteiger partial charge in [-0.25, -0.2) is 0 Å². The highest BCUT2D eigenvalue weighted by Gasteiger charge is 2.46. The van der Waals surface area contributed by atoms with Crippen LogP contribution in [0.1, 0.15) is 37.2 Å². The molecule has 0 saturated carbocycles. The second-order valence-corrected chi connectivity index (χ2v) is 8.51. The van der Waals surface area contributed by atoms with Gasteiger partial charge in [-0.05, 0) is 24.6 Å². The molecule has 4 atom stereocenters. The number of nitrogens with one attached hydrogen (secondary N) is 1. The number of fused-ring (bicyclic) bond motifs is 4. The van der Waals surface area contributed by atoms with Crippen molar-refractivity contribution < 1.29 is 28.9 Å². The van der Waals surface area contributed by atoms with Gasteiger partial charge in [0.2, 0.25) is 11.8 Å². The summed E-state index contributed by atoms with van der Waals surface area (Å²) in [6.07, 6.45) is 1.42. The number of nitrogens with zero attached hydrogens (tertiary/aromatic N) is 1. The zero-order chi connectivity index (χ0) is 21.3. The van der Waals surface area contributed by atoms with Gasteiger partial charge < -0.3 is 29.5 Å². The molecule has 0 unspecified atom stereocenters. The van der Waals surface area contributed by atoms with Crippen LogP contribution in [-0.2, 0) is 19.1 Å². The third-order valence-electron chi connectivity index (χ3n) is 6.24. The van der Waals surface area contributed by atoms with Crippen molar-refractivity contribution in [2.75, 3.05) is 39.2 Å². The summed E-state index contributed by atoms with van der Waals surface area (Å²) in [5.74, 6) is -0.200. The second kappa shape index (κ2) is 8.91. The number of carbonyl (C=O) groups excluding carboxylic acids is 2. The number of amides is 2. The van der Waals surface area contributed by atoms with E-state index in [1.165, 1.54) is 4.90 Å². The number of rotatable bonds is 5. The van der Waals surface area contributed by atoms with Crippen LogP contribution in [0, 0.1) is 5.92 Å². The largest absolute Gasteiger partial charge is 0.490 e. The zero-order valence-electron chi connectivity index (χ0n) is 17.5. The Morgan fingerprint density at radius 3 is 2.77 bits per heavy atom. The molecule has 0 spiro atoms. The van der Waals surface area contributed by atoms with Crippen LogP contribution in [0.4, 0.5) is 5.69 Å². The van der Waals surface area contributed by atoms with Gasteiger partial charge in [-0.15, -0.1) is 0 Å². The smallest absolute Gasteiger partial charge is 0.230 e. The number of ether oxygens (including phenoxy) is 3. The van der Waals surface area contributed by atoms with E-state index in [0.717, 1.165) is 24.2 Å². The van der Waals surface area contributed by atoms with Gasteiger partial charge in [0.25, 0.3) is 0 Å². The van der Waals surface area contributed by atoms with Crippen molar-refractivity contribution in [1.82, 2.24) is 4.90 Å². The molecule has 30 heavy (non-hydrogen) atoms. The van der Waals surface area contributed by atoms with E-state index in [1.54, 1.807) is 14.1 Å². The maximum Gasteiger partial charge on any atom is 0.230 e. The van der Waals surface area contributed by atoms with E-state index < -0.39 is 12.0 Å². The summed E-state index contributed by atoms with van der Waals surface area (Å²) < 4.78 is 17.8. The Hall–Kier alpha value is -2.16. The van der Waals surface area contributed by atoms with E-state index in [0.29, 0.717) is 25.3 Å². The van der Waals surface area contributed by atoms with E-state index in [2.05, 4.69) is 5.32 Å². The lowest BCUT2D eigenvalue weighted by Crippen LogP contribution is -2.48. The van der Waals surface area contributed by atoms with Gasteiger partial charge in [0.15, 0.2) is 0 Å². The lowest BCUT2D eigenvalue weighted by molar-refractivity contribution is -0.150. The highest BCUT2D eigenvalue weighted by Crippen LogP contribution is 2.46. The topological polar surface area (TPSA) is 97.3 Å². The quantitative estimate of drug-likeness (QED) is 0.753. The van der Waals surface area contributed by atoms with Crippen LogP contribution in [0.15, 0.2) is 18.2 Å². The minimum absolute atomic E-state index is 0.0411. The first-order valence-corrected chi connectivity index (χ1v) is 10.6. The third kappa shape index (κ3) is 4.31. The molecule has 0 aliphatic carbocycles. The van der Waals surface area contributed by atoms with Crippen molar-refractivity contribution in [2.24, 2.45) is 5.92 Å². The van der Waals surface area contributed by atoms with E-state index in [1.807, 2.05) is 18.2 Å². The molecule has 2 fully saturated rings. The minimum Gasteiger partial charge on any atom is -0.490 e. The first-order valence-electron chi connectivity index (χ1n) is 10.6. The fourth-order valence-electron chi connectivity index (χ4n) is 4.64. The number of benzene rings is 1. The molecule has 3 aliphatic heterocycles. The monoisotopic (exact) mass is 418 g/mol. The van der Waals surface area contributed by atoms with Crippen molar-refractivity contribution in [1.29, 1.82) is 0 Å². The molecule has 0 radical (unpaired) electrons. The molecular formula is C22H30N2O6. The highest BCUT2D eigenvalue weighted by atomic mass is 16.5. The van der Waals surface area contributed by atoms with Crippen molar-refractivity contribution in [3.05, 3.63) is 23.8 Å². The first kappa shape index (κ1) is 21.1. The van der Waals surface area contributed by atoms with E-state index in [-0.39, 0.29) is 43.0 Å². The lowest BCUT2D eigenvalue weighted by atomic mass is 9.76. The normalized spacial score (nSPS) is 28.8. The number of hydrogen-bond donors (Lipinski definition) is 2. The molecule has 3 aliphatic rings. The Labute approximate surface area is 176 Å². The molecule has 8 nitrogen and oxygen atoms in total. The van der Waals surface area contributed by atoms with Gasteiger partial charge in [0.05, 0.1) is 44.4 Å². The Morgan fingerprint density at radius 1 is 1.30 bits per heavy atom. The van der Waals surface area contributed by atoms with E-state index in [9.17, 15) is 14.7 Å². The third-order valence-corrected chi connectivity index (χ3v) is 6.24. The summed E-state index contributed by atoms with van der Waals surface area (Å²) in [5.41, 5.74) is 1.65. The SMILES string of the molecule is CN(C)C(=O)C[C@H]1C[C@@H]2c3cc(ccc3OC3CCOCC3)NC(=O)[C@@H]2[C@@H](CO)O1. The number of aliphatic hydroxyl groups is 1. The van der Waals surface area contributed by atoms with Crippen molar-refractivity contribution in [3.8, 4) is 5.75 Å². The molecule has 164 valence electrons. The van der Waals surface area contributed by atoms with Gasteiger partial charge in [-0.1, -0.05) is 0 Å². The molecule has 2 amide bonds. The number of carbonyl (C=O) groups is 2. The fourth-order valence-corrected chi connectivity index (χ4v) is 4.64. The molecule has 8 heteroatoms. The summed E-state index contributed by atoms with van der Waals surface area (Å²) in [6, 6.07) is 5.71. The zero-order valence-corrected chi connectivity index (χ0v) is 17.5. The van der Waals surface area contributed by atoms with Crippen LogP contribution in [0.3, 0.4) is 0 Å². The highest BCUT2D eigenvalue weighted by molar-refractivity contribution is 5.95. The molecule has 4 rings (SSSR count). The predicted octanol–water partition coefficient (Wildman–Crippen LogP) is 1.52. The molecular weight excluding hydrogens is 388 g/mol. The van der Waals surface area contributed by atoms with Crippen LogP contribution in [0.2, 0.25) is 0 Å². The second-order valence-electron chi connectivity index (χ2n) is 8.51. The van der Waals surface area contributed by atoms with Gasteiger partial charge in [-0.2, -0.15) is 0 Å². The number of hydrogen-bond acceptors (Lipinski definition) is 6. The Balaban J connectivity index is 1.64. The maximum atomic E-state index is 13.0. The Morgan fingerprint density at radius 2 is 2.07 bits per heavy atom. The predicted molar refractivity (Wildman–Crippen MR) is 109 cm³/mol. The van der Waals surface area contributed by atoms with Gasteiger partial charge in [0, 0.05) is 44.1 Å². The summed E-state index contributed by atoms with van der Waals surface area (Å²) in [4.78, 5) is 26.8. The molecule has 1 aromatic rings. The maximum absolute atomic E-state index is 13.0. The minimum atomic E-state index is -0.672. The molecule has 2 N–H and O–H groups in total. The summed E-state index contributed by atoms with van der Waals surface area (Å²) in [5, 5.41) is 12.9. The van der Waals surface area contributed by atoms with Crippen LogP contribution in [-0.4, -0.2) is 74.0 Å². The summed E-state index contributed by atoms with van der Waals surface area (Å²) in [6.45, 7) is 1.08. The van der Waals surface area contributed by atoms with Crippen LogP contribution >= 0.6 is 0 Å². The molecule has 0 aromatic heterocycles. The average molecular weight is 418 g/mol. The summed E-state index contributed by atoms with van der Waals surface area (Å²) >= 11 is 0. The summed E-state index contributed by atoms with van der Waals surface area (Å²) in [7, 11) is 3.42. The van der Waals surface area contributed by atoms with Crippen molar-refractivity contribution in [3.63, 3.8) is 0 Å². The van der Waals surface area contributed by atoms with E-state index >= 15 is 0 Å².